The van der Waals surface area contributed by atoms with Crippen LogP contribution in [0.4, 0.5) is 0 Å². The highest BCUT2D eigenvalue weighted by Gasteiger charge is 2.15. The topological polar surface area (TPSA) is 0 Å². The van der Waals surface area contributed by atoms with E-state index in [1.54, 1.807) is 0 Å². The van der Waals surface area contributed by atoms with Crippen molar-refractivity contribution >= 4 is 0 Å². The minimum absolute atomic E-state index is 0.883. The second-order valence-corrected chi connectivity index (χ2v) is 5.64. The van der Waals surface area contributed by atoms with Gasteiger partial charge in [-0.25, -0.2) is 0 Å². The van der Waals surface area contributed by atoms with Gasteiger partial charge in [-0.15, -0.1) is 0 Å². The van der Waals surface area contributed by atoms with Gasteiger partial charge in [0.2, 0.25) is 0 Å². The van der Waals surface area contributed by atoms with Crippen molar-refractivity contribution in [3.8, 4) is 0 Å². The van der Waals surface area contributed by atoms with Crippen LogP contribution in [0, 0.1) is 17.8 Å². The fourth-order valence-electron chi connectivity index (χ4n) is 2.56. The number of hydrogen-bond donors (Lipinski definition) is 0. The maximum atomic E-state index is 2.46. The smallest absolute Gasteiger partial charge is 0.0389 e. The third kappa shape index (κ3) is 7.88. The second kappa shape index (κ2) is 9.24. The lowest BCUT2D eigenvalue weighted by atomic mass is 9.83. The summed E-state index contributed by atoms with van der Waals surface area (Å²) >= 11 is 0. The molecule has 0 rings (SSSR count). The van der Waals surface area contributed by atoms with E-state index in [4.69, 9.17) is 0 Å². The molecule has 92 valence electrons. The van der Waals surface area contributed by atoms with Crippen LogP contribution >= 0.6 is 0 Å². The third-order valence-electron chi connectivity index (χ3n) is 3.56. The summed E-state index contributed by atoms with van der Waals surface area (Å²) in [4.78, 5) is 0. The number of rotatable bonds is 9. The molecule has 0 N–H and O–H groups in total. The molecule has 0 fully saturated rings. The lowest BCUT2D eigenvalue weighted by Crippen LogP contribution is -2.12. The van der Waals surface area contributed by atoms with Crippen LogP contribution in [-0.2, 0) is 0 Å². The summed E-state index contributed by atoms with van der Waals surface area (Å²) in [7, 11) is 0. The Balaban J connectivity index is 3.81. The van der Waals surface area contributed by atoms with Crippen molar-refractivity contribution in [1.29, 1.82) is 0 Å². The summed E-state index contributed by atoms with van der Waals surface area (Å²) in [6.45, 7) is 11.8. The molecule has 0 aliphatic heterocycles. The first kappa shape index (κ1) is 15.0. The Labute approximate surface area is 97.8 Å². The van der Waals surface area contributed by atoms with Crippen LogP contribution in [-0.4, -0.2) is 0 Å². The minimum atomic E-state index is 0.883. The Morgan fingerprint density at radius 2 is 1.33 bits per heavy atom. The first-order valence-corrected chi connectivity index (χ1v) is 7.11. The van der Waals surface area contributed by atoms with Crippen molar-refractivity contribution in [1.82, 2.24) is 0 Å². The first-order valence-electron chi connectivity index (χ1n) is 7.11. The molecule has 2 unspecified atom stereocenters. The van der Waals surface area contributed by atoms with Crippen molar-refractivity contribution < 1.29 is 0 Å². The molecule has 0 aliphatic rings. The van der Waals surface area contributed by atoms with Crippen LogP contribution in [0.3, 0.4) is 0 Å². The molecule has 15 heavy (non-hydrogen) atoms. The summed E-state index contributed by atoms with van der Waals surface area (Å²) in [5.74, 6) is 2.82. The van der Waals surface area contributed by atoms with E-state index in [0.29, 0.717) is 0 Å². The van der Waals surface area contributed by atoms with Gasteiger partial charge in [0.1, 0.15) is 0 Å². The highest BCUT2D eigenvalue weighted by atomic mass is 14.2. The van der Waals surface area contributed by atoms with Gasteiger partial charge in [-0.05, 0) is 17.8 Å². The summed E-state index contributed by atoms with van der Waals surface area (Å²) in [6.07, 6.45) is 9.90. The van der Waals surface area contributed by atoms with Gasteiger partial charge in [0, 0.05) is 0 Å². The van der Waals surface area contributed by atoms with Crippen LogP contribution in [0.15, 0.2) is 0 Å². The zero-order valence-corrected chi connectivity index (χ0v) is 11.7. The molecule has 0 aliphatic carbocycles. The van der Waals surface area contributed by atoms with Gasteiger partial charge in [0.25, 0.3) is 0 Å². The maximum absolute atomic E-state index is 2.46. The molecule has 2 atom stereocenters. The molecule has 0 radical (unpaired) electrons. The van der Waals surface area contributed by atoms with E-state index in [-0.39, 0.29) is 0 Å². The molecule has 0 saturated heterocycles. The molecular weight excluding hydrogens is 180 g/mol. The van der Waals surface area contributed by atoms with E-state index >= 15 is 0 Å². The predicted molar refractivity (Wildman–Crippen MR) is 71.2 cm³/mol. The molecule has 0 heterocycles. The van der Waals surface area contributed by atoms with E-state index < -0.39 is 0 Å². The average molecular weight is 212 g/mol. The van der Waals surface area contributed by atoms with Crippen LogP contribution in [0.2, 0.25) is 0 Å². The van der Waals surface area contributed by atoms with Gasteiger partial charge in [-0.3, -0.25) is 0 Å². The molecular formula is C15H32. The molecule has 0 aromatic heterocycles. The van der Waals surface area contributed by atoms with Gasteiger partial charge < -0.3 is 0 Å². The van der Waals surface area contributed by atoms with Gasteiger partial charge in [-0.2, -0.15) is 0 Å². The van der Waals surface area contributed by atoms with Crippen molar-refractivity contribution in [2.75, 3.05) is 0 Å². The highest BCUT2D eigenvalue weighted by molar-refractivity contribution is 4.66. The standard InChI is InChI=1S/C15H32/c1-6-9-14(5)15(10-7-2)12-8-11-13(3)4/h13-15H,6-12H2,1-5H3. The van der Waals surface area contributed by atoms with Crippen molar-refractivity contribution in [2.24, 2.45) is 17.8 Å². The van der Waals surface area contributed by atoms with Gasteiger partial charge >= 0.3 is 0 Å². The molecule has 0 bridgehead atoms. The van der Waals surface area contributed by atoms with Crippen molar-refractivity contribution in [3.05, 3.63) is 0 Å². The molecule has 0 nitrogen and oxygen atoms in total. The molecule has 0 amide bonds. The van der Waals surface area contributed by atoms with E-state index in [0.717, 1.165) is 17.8 Å². The summed E-state index contributed by atoms with van der Waals surface area (Å²) in [6, 6.07) is 0. The Morgan fingerprint density at radius 1 is 0.733 bits per heavy atom. The quantitative estimate of drug-likeness (QED) is 0.462. The van der Waals surface area contributed by atoms with Gasteiger partial charge in [0.15, 0.2) is 0 Å². The van der Waals surface area contributed by atoms with Crippen molar-refractivity contribution in [2.45, 2.75) is 79.6 Å². The van der Waals surface area contributed by atoms with Crippen LogP contribution in [0.5, 0.6) is 0 Å². The van der Waals surface area contributed by atoms with Gasteiger partial charge in [-0.1, -0.05) is 79.6 Å². The summed E-state index contributed by atoms with van der Waals surface area (Å²) in [5, 5.41) is 0. The highest BCUT2D eigenvalue weighted by Crippen LogP contribution is 2.27. The Hall–Kier alpha value is 0. The fourth-order valence-corrected chi connectivity index (χ4v) is 2.56. The summed E-state index contributed by atoms with van der Waals surface area (Å²) < 4.78 is 0. The van der Waals surface area contributed by atoms with E-state index in [2.05, 4.69) is 34.6 Å². The Bertz CT molecular complexity index is 126. The maximum Gasteiger partial charge on any atom is -0.0389 e. The lowest BCUT2D eigenvalue weighted by Gasteiger charge is -2.23. The van der Waals surface area contributed by atoms with E-state index in [1.807, 2.05) is 0 Å². The predicted octanol–water partition coefficient (Wildman–Crippen LogP) is 5.67. The van der Waals surface area contributed by atoms with Gasteiger partial charge in [0.05, 0.1) is 0 Å². The zero-order valence-electron chi connectivity index (χ0n) is 11.7. The molecule has 0 aromatic carbocycles. The number of hydrogen-bond acceptors (Lipinski definition) is 0. The SMILES string of the molecule is CCCC(C)C(CCC)CCCC(C)C. The normalized spacial score (nSPS) is 15.6. The molecule has 0 heteroatoms. The summed E-state index contributed by atoms with van der Waals surface area (Å²) in [5.41, 5.74) is 0. The van der Waals surface area contributed by atoms with E-state index in [9.17, 15) is 0 Å². The molecule has 0 spiro atoms. The second-order valence-electron chi connectivity index (χ2n) is 5.64. The monoisotopic (exact) mass is 212 g/mol. The molecule has 0 saturated carbocycles. The van der Waals surface area contributed by atoms with Crippen LogP contribution in [0.1, 0.15) is 79.6 Å². The largest absolute Gasteiger partial charge is 0.0654 e. The minimum Gasteiger partial charge on any atom is -0.0654 e. The average Bonchev–Trinajstić information content (AvgIpc) is 2.16. The first-order chi connectivity index (χ1) is 7.11. The zero-order chi connectivity index (χ0) is 11.7. The third-order valence-corrected chi connectivity index (χ3v) is 3.56. The Morgan fingerprint density at radius 3 is 1.80 bits per heavy atom. The van der Waals surface area contributed by atoms with Crippen LogP contribution in [0.25, 0.3) is 0 Å². The lowest BCUT2D eigenvalue weighted by molar-refractivity contribution is 0.282. The van der Waals surface area contributed by atoms with Crippen LogP contribution < -0.4 is 0 Å². The van der Waals surface area contributed by atoms with E-state index in [1.165, 1.54) is 44.9 Å². The fraction of sp³-hybridized carbons (Fsp3) is 1.00. The Kier molecular flexibility index (Phi) is 9.24. The molecule has 0 aromatic rings. The van der Waals surface area contributed by atoms with Crippen molar-refractivity contribution in [3.63, 3.8) is 0 Å².